The minimum absolute atomic E-state index is 0.0719. The van der Waals surface area contributed by atoms with Crippen molar-refractivity contribution in [3.8, 4) is 11.3 Å². The Balaban J connectivity index is 2.25. The Labute approximate surface area is 122 Å². The Morgan fingerprint density at radius 1 is 1.00 bits per heavy atom. The summed E-state index contributed by atoms with van der Waals surface area (Å²) in [5.74, 6) is 0. The zero-order chi connectivity index (χ0) is 14.1. The Hall–Kier alpha value is -2.00. The summed E-state index contributed by atoms with van der Waals surface area (Å²) in [6.07, 6.45) is 2.06. The van der Waals surface area contributed by atoms with Gasteiger partial charge in [-0.2, -0.15) is 0 Å². The van der Waals surface area contributed by atoms with E-state index in [0.717, 1.165) is 22.2 Å². The van der Waals surface area contributed by atoms with Crippen LogP contribution >= 0.6 is 11.8 Å². The molecular formula is C17H15NOS. The number of aryl methyl sites for hydroxylation is 1. The van der Waals surface area contributed by atoms with Crippen molar-refractivity contribution >= 4 is 22.7 Å². The molecular weight excluding hydrogens is 266 g/mol. The number of benzene rings is 2. The van der Waals surface area contributed by atoms with E-state index < -0.39 is 0 Å². The van der Waals surface area contributed by atoms with Crippen LogP contribution in [0.15, 0.2) is 64.3 Å². The number of hydrogen-bond acceptors (Lipinski definition) is 2. The summed E-state index contributed by atoms with van der Waals surface area (Å²) < 4.78 is 2.07. The quantitative estimate of drug-likeness (QED) is 0.664. The Bertz CT molecular complexity index is 819. The maximum atomic E-state index is 12.2. The highest BCUT2D eigenvalue weighted by atomic mass is 32.2. The molecule has 3 heteroatoms. The molecule has 0 saturated carbocycles. The maximum Gasteiger partial charge on any atom is 0.190 e. The standard InChI is InChI=1S/C17H15NOS/c1-18-15-6-4-3-5-14(15)17(19)11-16(18)12-7-9-13(20-2)10-8-12/h3-11H,1-2H3. The van der Waals surface area contributed by atoms with Gasteiger partial charge >= 0.3 is 0 Å². The molecule has 0 atom stereocenters. The first-order valence-electron chi connectivity index (χ1n) is 6.44. The molecule has 3 aromatic rings. The lowest BCUT2D eigenvalue weighted by molar-refractivity contribution is 0.960. The van der Waals surface area contributed by atoms with Gasteiger partial charge in [0, 0.05) is 23.4 Å². The molecule has 0 fully saturated rings. The lowest BCUT2D eigenvalue weighted by Gasteiger charge is -2.12. The van der Waals surface area contributed by atoms with E-state index in [1.165, 1.54) is 4.90 Å². The lowest BCUT2D eigenvalue weighted by atomic mass is 10.1. The highest BCUT2D eigenvalue weighted by Crippen LogP contribution is 2.24. The second kappa shape index (κ2) is 5.17. The number of hydrogen-bond donors (Lipinski definition) is 0. The molecule has 0 saturated heterocycles. The summed E-state index contributed by atoms with van der Waals surface area (Å²) in [6.45, 7) is 0. The van der Waals surface area contributed by atoms with Crippen molar-refractivity contribution in [2.24, 2.45) is 7.05 Å². The zero-order valence-corrected chi connectivity index (χ0v) is 12.3. The molecule has 2 nitrogen and oxygen atoms in total. The molecule has 0 spiro atoms. The molecule has 3 rings (SSSR count). The van der Waals surface area contributed by atoms with Gasteiger partial charge in [0.15, 0.2) is 5.43 Å². The van der Waals surface area contributed by atoms with Crippen LogP contribution in [0.3, 0.4) is 0 Å². The van der Waals surface area contributed by atoms with E-state index in [4.69, 9.17) is 0 Å². The monoisotopic (exact) mass is 281 g/mol. The fourth-order valence-corrected chi connectivity index (χ4v) is 2.85. The lowest BCUT2D eigenvalue weighted by Crippen LogP contribution is -2.08. The van der Waals surface area contributed by atoms with Gasteiger partial charge in [-0.05, 0) is 36.1 Å². The third-order valence-electron chi connectivity index (χ3n) is 3.55. The molecule has 2 aromatic carbocycles. The molecule has 100 valence electrons. The van der Waals surface area contributed by atoms with E-state index in [1.807, 2.05) is 31.3 Å². The first-order chi connectivity index (χ1) is 9.70. The smallest absolute Gasteiger partial charge is 0.190 e. The van der Waals surface area contributed by atoms with Gasteiger partial charge in [0.2, 0.25) is 0 Å². The molecule has 0 aliphatic carbocycles. The van der Waals surface area contributed by atoms with Crippen LogP contribution < -0.4 is 5.43 Å². The van der Waals surface area contributed by atoms with Crippen LogP contribution in [0.5, 0.6) is 0 Å². The topological polar surface area (TPSA) is 22.0 Å². The van der Waals surface area contributed by atoms with Gasteiger partial charge in [-0.15, -0.1) is 11.8 Å². The number of para-hydroxylation sites is 1. The fourth-order valence-electron chi connectivity index (χ4n) is 2.44. The Morgan fingerprint density at radius 2 is 1.70 bits per heavy atom. The average molecular weight is 281 g/mol. The number of thioether (sulfide) groups is 1. The van der Waals surface area contributed by atoms with E-state index in [0.29, 0.717) is 0 Å². The van der Waals surface area contributed by atoms with Crippen LogP contribution in [0.2, 0.25) is 0 Å². The van der Waals surface area contributed by atoms with Crippen molar-refractivity contribution in [3.05, 3.63) is 64.8 Å². The summed E-state index contributed by atoms with van der Waals surface area (Å²) in [4.78, 5) is 13.5. The van der Waals surface area contributed by atoms with Crippen molar-refractivity contribution in [2.75, 3.05) is 6.26 Å². The second-order valence-electron chi connectivity index (χ2n) is 4.70. The van der Waals surface area contributed by atoms with Gasteiger partial charge in [0.05, 0.1) is 11.2 Å². The zero-order valence-electron chi connectivity index (χ0n) is 11.5. The van der Waals surface area contributed by atoms with Gasteiger partial charge in [-0.3, -0.25) is 4.79 Å². The highest BCUT2D eigenvalue weighted by molar-refractivity contribution is 7.98. The van der Waals surface area contributed by atoms with Crippen LogP contribution in [-0.2, 0) is 7.05 Å². The van der Waals surface area contributed by atoms with Gasteiger partial charge in [-0.1, -0.05) is 24.3 Å². The Morgan fingerprint density at radius 3 is 2.40 bits per heavy atom. The van der Waals surface area contributed by atoms with Crippen LogP contribution in [0.25, 0.3) is 22.2 Å². The SMILES string of the molecule is CSc1ccc(-c2cc(=O)c3ccccc3n2C)cc1. The van der Waals surface area contributed by atoms with Crippen molar-refractivity contribution in [1.29, 1.82) is 0 Å². The first-order valence-corrected chi connectivity index (χ1v) is 7.66. The van der Waals surface area contributed by atoms with E-state index in [9.17, 15) is 4.79 Å². The minimum atomic E-state index is 0.0719. The molecule has 0 bridgehead atoms. The number of rotatable bonds is 2. The van der Waals surface area contributed by atoms with E-state index >= 15 is 0 Å². The van der Waals surface area contributed by atoms with Gasteiger partial charge in [0.25, 0.3) is 0 Å². The molecule has 0 unspecified atom stereocenters. The summed E-state index contributed by atoms with van der Waals surface area (Å²) in [5, 5.41) is 0.763. The largest absolute Gasteiger partial charge is 0.343 e. The normalized spacial score (nSPS) is 10.9. The molecule has 0 aliphatic heterocycles. The number of aromatic nitrogens is 1. The van der Waals surface area contributed by atoms with Gasteiger partial charge in [0.1, 0.15) is 0 Å². The summed E-state index contributed by atoms with van der Waals surface area (Å²) in [7, 11) is 2.00. The van der Waals surface area contributed by atoms with Gasteiger partial charge < -0.3 is 4.57 Å². The van der Waals surface area contributed by atoms with Crippen LogP contribution in [0.1, 0.15) is 0 Å². The van der Waals surface area contributed by atoms with Crippen LogP contribution in [-0.4, -0.2) is 10.8 Å². The van der Waals surface area contributed by atoms with E-state index in [2.05, 4.69) is 35.1 Å². The number of pyridine rings is 1. The second-order valence-corrected chi connectivity index (χ2v) is 5.58. The molecule has 20 heavy (non-hydrogen) atoms. The summed E-state index contributed by atoms with van der Waals surface area (Å²) >= 11 is 1.71. The van der Waals surface area contributed by atoms with Crippen molar-refractivity contribution in [3.63, 3.8) is 0 Å². The predicted molar refractivity (Wildman–Crippen MR) is 86.4 cm³/mol. The highest BCUT2D eigenvalue weighted by Gasteiger charge is 2.07. The average Bonchev–Trinajstić information content (AvgIpc) is 2.51. The van der Waals surface area contributed by atoms with Gasteiger partial charge in [-0.25, -0.2) is 0 Å². The molecule has 0 radical (unpaired) electrons. The minimum Gasteiger partial charge on any atom is -0.343 e. The molecule has 0 amide bonds. The van der Waals surface area contributed by atoms with Crippen molar-refractivity contribution in [1.82, 2.24) is 4.57 Å². The summed E-state index contributed by atoms with van der Waals surface area (Å²) in [6, 6.07) is 17.7. The first kappa shape index (κ1) is 13.0. The molecule has 0 N–H and O–H groups in total. The maximum absolute atomic E-state index is 12.2. The van der Waals surface area contributed by atoms with E-state index in [1.54, 1.807) is 17.8 Å². The molecule has 1 aromatic heterocycles. The fraction of sp³-hybridized carbons (Fsp3) is 0.118. The molecule has 0 aliphatic rings. The molecule has 1 heterocycles. The Kier molecular flexibility index (Phi) is 3.36. The number of nitrogens with zero attached hydrogens (tertiary/aromatic N) is 1. The predicted octanol–water partition coefficient (Wildman–Crippen LogP) is 3.93. The van der Waals surface area contributed by atoms with E-state index in [-0.39, 0.29) is 5.43 Å². The van der Waals surface area contributed by atoms with Crippen LogP contribution in [0.4, 0.5) is 0 Å². The summed E-state index contributed by atoms with van der Waals surface area (Å²) in [5.41, 5.74) is 3.04. The van der Waals surface area contributed by atoms with Crippen molar-refractivity contribution < 1.29 is 0 Å². The third-order valence-corrected chi connectivity index (χ3v) is 4.29. The number of fused-ring (bicyclic) bond motifs is 1. The third kappa shape index (κ3) is 2.14. The van der Waals surface area contributed by atoms with Crippen LogP contribution in [0, 0.1) is 0 Å². The van der Waals surface area contributed by atoms with Crippen molar-refractivity contribution in [2.45, 2.75) is 4.90 Å².